The number of nitrogens with zero attached hydrogens (tertiary/aromatic N) is 3. The van der Waals surface area contributed by atoms with Gasteiger partial charge in [0.05, 0.1) is 11.7 Å². The van der Waals surface area contributed by atoms with Gasteiger partial charge in [0.25, 0.3) is 0 Å². The summed E-state index contributed by atoms with van der Waals surface area (Å²) in [5, 5.41) is 3.39. The highest BCUT2D eigenvalue weighted by Gasteiger charge is 2.20. The molecular weight excluding hydrogens is 260 g/mol. The molecule has 1 aliphatic heterocycles. The summed E-state index contributed by atoms with van der Waals surface area (Å²) in [6.07, 6.45) is 0. The largest absolute Gasteiger partial charge is 0.314 e. The highest BCUT2D eigenvalue weighted by atomic mass is 15.2. The quantitative estimate of drug-likeness (QED) is 0.938. The molecule has 1 atom stereocenters. The lowest BCUT2D eigenvalue weighted by Crippen LogP contribution is -2.44. The van der Waals surface area contributed by atoms with Gasteiger partial charge in [-0.15, -0.1) is 0 Å². The Labute approximate surface area is 126 Å². The molecule has 0 bridgehead atoms. The number of rotatable bonds is 3. The number of hydrogen-bond donors (Lipinski definition) is 1. The van der Waals surface area contributed by atoms with Gasteiger partial charge in [0.1, 0.15) is 5.82 Å². The summed E-state index contributed by atoms with van der Waals surface area (Å²) >= 11 is 0. The van der Waals surface area contributed by atoms with Crippen molar-refractivity contribution >= 4 is 0 Å². The number of aromatic nitrogens is 2. The molecule has 1 aromatic heterocycles. The van der Waals surface area contributed by atoms with Crippen LogP contribution in [-0.4, -0.2) is 41.0 Å². The van der Waals surface area contributed by atoms with Gasteiger partial charge in [-0.2, -0.15) is 0 Å². The molecule has 4 heteroatoms. The molecule has 2 heterocycles. The van der Waals surface area contributed by atoms with Crippen molar-refractivity contribution in [2.24, 2.45) is 0 Å². The van der Waals surface area contributed by atoms with Crippen LogP contribution in [0.4, 0.5) is 0 Å². The fourth-order valence-corrected chi connectivity index (χ4v) is 2.77. The van der Waals surface area contributed by atoms with Crippen LogP contribution in [0.25, 0.3) is 11.3 Å². The van der Waals surface area contributed by atoms with Gasteiger partial charge < -0.3 is 5.32 Å². The minimum absolute atomic E-state index is 0.259. The fraction of sp³-hybridized carbons (Fsp3) is 0.412. The van der Waals surface area contributed by atoms with E-state index in [0.717, 1.165) is 49.0 Å². The highest BCUT2D eigenvalue weighted by molar-refractivity contribution is 5.59. The van der Waals surface area contributed by atoms with Gasteiger partial charge in [0, 0.05) is 37.4 Å². The average molecular weight is 282 g/mol. The standard InChI is InChI=1S/C17H22N4/c1-13-12-16(15-6-4-3-5-7-15)20-17(19-13)14(2)21-10-8-18-9-11-21/h3-7,12,14,18H,8-11H2,1-2H3. The second-order valence-corrected chi connectivity index (χ2v) is 5.58. The molecule has 2 aromatic rings. The molecule has 1 N–H and O–H groups in total. The zero-order valence-electron chi connectivity index (χ0n) is 12.7. The lowest BCUT2D eigenvalue weighted by atomic mass is 10.1. The van der Waals surface area contributed by atoms with E-state index in [9.17, 15) is 0 Å². The summed E-state index contributed by atoms with van der Waals surface area (Å²) in [6.45, 7) is 8.44. The van der Waals surface area contributed by atoms with Crippen LogP contribution in [0.5, 0.6) is 0 Å². The second-order valence-electron chi connectivity index (χ2n) is 5.58. The third-order valence-corrected chi connectivity index (χ3v) is 4.01. The molecule has 0 aliphatic carbocycles. The van der Waals surface area contributed by atoms with Gasteiger partial charge in [-0.25, -0.2) is 9.97 Å². The van der Waals surface area contributed by atoms with E-state index in [1.54, 1.807) is 0 Å². The van der Waals surface area contributed by atoms with Crippen molar-refractivity contribution < 1.29 is 0 Å². The Morgan fingerprint density at radius 1 is 1.10 bits per heavy atom. The molecule has 0 saturated carbocycles. The second kappa shape index (κ2) is 6.33. The molecule has 0 amide bonds. The summed E-state index contributed by atoms with van der Waals surface area (Å²) < 4.78 is 0. The van der Waals surface area contributed by atoms with Crippen molar-refractivity contribution in [1.82, 2.24) is 20.2 Å². The first-order valence-electron chi connectivity index (χ1n) is 7.60. The van der Waals surface area contributed by atoms with E-state index in [2.05, 4.69) is 40.3 Å². The molecule has 4 nitrogen and oxygen atoms in total. The third-order valence-electron chi connectivity index (χ3n) is 4.01. The molecule has 1 aliphatic rings. The highest BCUT2D eigenvalue weighted by Crippen LogP contribution is 2.22. The Morgan fingerprint density at radius 3 is 2.52 bits per heavy atom. The SMILES string of the molecule is Cc1cc(-c2ccccc2)nc(C(C)N2CCNCC2)n1. The number of hydrogen-bond acceptors (Lipinski definition) is 4. The maximum atomic E-state index is 4.81. The van der Waals surface area contributed by atoms with E-state index in [1.807, 2.05) is 25.1 Å². The topological polar surface area (TPSA) is 41.1 Å². The summed E-state index contributed by atoms with van der Waals surface area (Å²) in [5.41, 5.74) is 3.19. The Kier molecular flexibility index (Phi) is 4.27. The van der Waals surface area contributed by atoms with Crippen LogP contribution in [0.1, 0.15) is 24.5 Å². The lowest BCUT2D eigenvalue weighted by Gasteiger charge is -2.32. The van der Waals surface area contributed by atoms with Crippen LogP contribution in [0.3, 0.4) is 0 Å². The Bertz CT molecular complexity index is 591. The number of piperazine rings is 1. The molecule has 0 spiro atoms. The first-order valence-corrected chi connectivity index (χ1v) is 7.60. The summed E-state index contributed by atoms with van der Waals surface area (Å²) in [6, 6.07) is 12.6. The van der Waals surface area contributed by atoms with E-state index < -0.39 is 0 Å². The number of nitrogens with one attached hydrogen (secondary N) is 1. The van der Waals surface area contributed by atoms with Gasteiger partial charge in [0.15, 0.2) is 0 Å². The molecule has 1 aromatic carbocycles. The predicted molar refractivity (Wildman–Crippen MR) is 85.1 cm³/mol. The first kappa shape index (κ1) is 14.2. The van der Waals surface area contributed by atoms with Gasteiger partial charge in [-0.05, 0) is 19.9 Å². The maximum absolute atomic E-state index is 4.81. The van der Waals surface area contributed by atoms with E-state index >= 15 is 0 Å². The summed E-state index contributed by atoms with van der Waals surface area (Å²) in [7, 11) is 0. The summed E-state index contributed by atoms with van der Waals surface area (Å²) in [4.78, 5) is 11.9. The van der Waals surface area contributed by atoms with E-state index in [1.165, 1.54) is 0 Å². The average Bonchev–Trinajstić information content (AvgIpc) is 2.55. The first-order chi connectivity index (χ1) is 10.2. The molecule has 21 heavy (non-hydrogen) atoms. The van der Waals surface area contributed by atoms with Crippen LogP contribution < -0.4 is 5.32 Å². The van der Waals surface area contributed by atoms with Crippen LogP contribution in [0.15, 0.2) is 36.4 Å². The van der Waals surface area contributed by atoms with Crippen molar-refractivity contribution in [2.45, 2.75) is 19.9 Å². The predicted octanol–water partition coefficient (Wildman–Crippen LogP) is 2.42. The maximum Gasteiger partial charge on any atom is 0.146 e. The van der Waals surface area contributed by atoms with E-state index in [-0.39, 0.29) is 6.04 Å². The minimum atomic E-state index is 0.259. The van der Waals surface area contributed by atoms with Crippen molar-refractivity contribution in [3.8, 4) is 11.3 Å². The zero-order valence-corrected chi connectivity index (χ0v) is 12.7. The monoisotopic (exact) mass is 282 g/mol. The smallest absolute Gasteiger partial charge is 0.146 e. The minimum Gasteiger partial charge on any atom is -0.314 e. The number of aryl methyl sites for hydroxylation is 1. The summed E-state index contributed by atoms with van der Waals surface area (Å²) in [5.74, 6) is 0.927. The molecule has 1 unspecified atom stereocenters. The van der Waals surface area contributed by atoms with Crippen molar-refractivity contribution in [3.05, 3.63) is 47.9 Å². The molecule has 1 saturated heterocycles. The fourth-order valence-electron chi connectivity index (χ4n) is 2.77. The third kappa shape index (κ3) is 3.28. The van der Waals surface area contributed by atoms with Crippen LogP contribution in [0.2, 0.25) is 0 Å². The van der Waals surface area contributed by atoms with Gasteiger partial charge in [-0.1, -0.05) is 30.3 Å². The van der Waals surface area contributed by atoms with Crippen LogP contribution in [-0.2, 0) is 0 Å². The lowest BCUT2D eigenvalue weighted by molar-refractivity contribution is 0.179. The normalized spacial score (nSPS) is 17.6. The van der Waals surface area contributed by atoms with E-state index in [4.69, 9.17) is 4.98 Å². The number of benzene rings is 1. The Morgan fingerprint density at radius 2 is 1.81 bits per heavy atom. The van der Waals surface area contributed by atoms with Crippen molar-refractivity contribution in [3.63, 3.8) is 0 Å². The van der Waals surface area contributed by atoms with Gasteiger partial charge >= 0.3 is 0 Å². The van der Waals surface area contributed by atoms with E-state index in [0.29, 0.717) is 0 Å². The van der Waals surface area contributed by atoms with Crippen LogP contribution in [0, 0.1) is 6.92 Å². The van der Waals surface area contributed by atoms with Crippen molar-refractivity contribution in [2.75, 3.05) is 26.2 Å². The van der Waals surface area contributed by atoms with Crippen molar-refractivity contribution in [1.29, 1.82) is 0 Å². The molecule has 110 valence electrons. The van der Waals surface area contributed by atoms with Gasteiger partial charge in [-0.3, -0.25) is 4.90 Å². The Hall–Kier alpha value is -1.78. The van der Waals surface area contributed by atoms with Crippen LogP contribution >= 0.6 is 0 Å². The molecule has 1 fully saturated rings. The van der Waals surface area contributed by atoms with Gasteiger partial charge in [0.2, 0.25) is 0 Å². The molecule has 0 radical (unpaired) electrons. The molecular formula is C17H22N4. The Balaban J connectivity index is 1.90. The zero-order chi connectivity index (χ0) is 14.7. The molecule has 3 rings (SSSR count).